The highest BCUT2D eigenvalue weighted by Crippen LogP contribution is 1.82. The average molecular weight is 122 g/mol. The monoisotopic (exact) mass is 122 g/mol. The van der Waals surface area contributed by atoms with Gasteiger partial charge in [-0.05, 0) is 0 Å². The molecule has 0 rings (SSSR count). The molecule has 0 aromatic rings. The lowest BCUT2D eigenvalue weighted by Gasteiger charge is -1.87. The van der Waals surface area contributed by atoms with Crippen molar-refractivity contribution in [3.63, 3.8) is 0 Å². The van der Waals surface area contributed by atoms with Crippen LogP contribution in [0.25, 0.3) is 0 Å². The van der Waals surface area contributed by atoms with Gasteiger partial charge in [-0.15, -0.1) is 0 Å². The molecule has 0 N–H and O–H groups in total. The first-order chi connectivity index (χ1) is 2.27. The van der Waals surface area contributed by atoms with Crippen LogP contribution in [0.1, 0.15) is 0 Å². The van der Waals surface area contributed by atoms with E-state index in [1.54, 1.807) is 0 Å². The fourth-order valence-corrected chi connectivity index (χ4v) is 0. The average Bonchev–Trinajstić information content (AvgIpc) is 1.38. The molecule has 0 aromatic heterocycles. The van der Waals surface area contributed by atoms with Crippen molar-refractivity contribution >= 4 is 40.2 Å². The van der Waals surface area contributed by atoms with Gasteiger partial charge in [0.05, 0.1) is 0 Å². The van der Waals surface area contributed by atoms with Crippen LogP contribution in [-0.4, -0.2) is 30.2 Å². The molecule has 5 heavy (non-hydrogen) atoms. The molecular formula is CH5Al2ClO. The number of halogens is 1. The Bertz CT molecular complexity index is 23.6. The molecule has 0 fully saturated rings. The third-order valence-electron chi connectivity index (χ3n) is 0.325. The van der Waals surface area contributed by atoms with Gasteiger partial charge in [0.1, 0.15) is 0 Å². The molecule has 0 atom stereocenters. The van der Waals surface area contributed by atoms with Gasteiger partial charge in [0.15, 0.2) is 0 Å². The summed E-state index contributed by atoms with van der Waals surface area (Å²) in [6.45, 7) is 0. The molecule has 1 nitrogen and oxygen atoms in total. The Morgan fingerprint density at radius 3 is 2.20 bits per heavy atom. The molecule has 0 bridgehead atoms. The minimum Gasteiger partial charge on any atom is -0.630 e. The molecule has 28 valence electrons. The van der Waals surface area contributed by atoms with Crippen LogP contribution in [0.3, 0.4) is 0 Å². The smallest absolute Gasteiger partial charge is 0.557 e. The molecule has 0 saturated carbocycles. The number of hydrogen-bond acceptors (Lipinski definition) is 1. The Kier molecular flexibility index (Phi) is 4.42. The molecule has 0 saturated heterocycles. The second-order valence-electron chi connectivity index (χ2n) is 0.779. The summed E-state index contributed by atoms with van der Waals surface area (Å²) >= 11 is -0.313. The van der Waals surface area contributed by atoms with Crippen LogP contribution in [0.4, 0.5) is 0 Å². The quantitative estimate of drug-likeness (QED) is 0.442. The van der Waals surface area contributed by atoms with Crippen molar-refractivity contribution in [3.05, 3.63) is 0 Å². The first-order valence-electron chi connectivity index (χ1n) is 1.44. The largest absolute Gasteiger partial charge is 0.630 e. The normalized spacial score (nSPS) is 7.60. The van der Waals surface area contributed by atoms with Gasteiger partial charge in [-0.25, -0.2) is 10.0 Å². The molecule has 0 aromatic carbocycles. The van der Waals surface area contributed by atoms with Crippen LogP contribution in [0.15, 0.2) is 0 Å². The highest BCUT2D eigenvalue weighted by atomic mass is 35.6. The zero-order valence-corrected chi connectivity index (χ0v) is 7.27. The van der Waals surface area contributed by atoms with E-state index in [1.165, 1.54) is 0 Å². The van der Waals surface area contributed by atoms with Crippen LogP contribution in [0.2, 0.25) is 5.79 Å². The van der Waals surface area contributed by atoms with Crippen molar-refractivity contribution in [3.8, 4) is 0 Å². The van der Waals surface area contributed by atoms with Gasteiger partial charge in [0.2, 0.25) is 0 Å². The minimum absolute atomic E-state index is 0.803. The topological polar surface area (TPSA) is 9.23 Å². The molecular weight excluding hydrogens is 117 g/mol. The van der Waals surface area contributed by atoms with Crippen LogP contribution < -0.4 is 0 Å². The maximum atomic E-state index is 5.41. The Hall–Kier alpha value is 1.31. The predicted octanol–water partition coefficient (Wildman–Crippen LogP) is -0.0921. The van der Waals surface area contributed by atoms with Crippen molar-refractivity contribution in [2.24, 2.45) is 0 Å². The van der Waals surface area contributed by atoms with Gasteiger partial charge in [-0.2, -0.15) is 0 Å². The van der Waals surface area contributed by atoms with E-state index < -0.39 is 13.6 Å². The summed E-state index contributed by atoms with van der Waals surface area (Å²) < 4.78 is 4.79. The van der Waals surface area contributed by atoms with E-state index in [0.717, 1.165) is 16.6 Å². The maximum absolute atomic E-state index is 5.41. The fraction of sp³-hybridized carbons (Fsp3) is 1.00. The summed E-state index contributed by atoms with van der Waals surface area (Å²) in [5.74, 6) is 1.94. The lowest BCUT2D eigenvalue weighted by molar-refractivity contribution is 0.662. The zero-order chi connectivity index (χ0) is 4.28. The molecule has 0 spiro atoms. The molecule has 0 aliphatic heterocycles. The van der Waals surface area contributed by atoms with Crippen molar-refractivity contribution in [1.82, 2.24) is 0 Å². The lowest BCUT2D eigenvalue weighted by atomic mass is 11.9. The standard InChI is InChI=1S/CH3.2Al.ClH.O.2H/h1H3;;;1H;;;/q;;+1;;;;/p-1. The number of rotatable bonds is 1. The molecule has 0 radical (unpaired) electrons. The Balaban J connectivity index is 2.54. The van der Waals surface area contributed by atoms with E-state index >= 15 is 0 Å². The van der Waals surface area contributed by atoms with Crippen LogP contribution in [0.5, 0.6) is 0 Å². The Morgan fingerprint density at radius 2 is 2.20 bits per heavy atom. The van der Waals surface area contributed by atoms with Crippen molar-refractivity contribution in [1.29, 1.82) is 0 Å². The maximum Gasteiger partial charge on any atom is 0.557 e. The van der Waals surface area contributed by atoms with Crippen LogP contribution in [-0.2, 0) is 2.84 Å². The molecule has 4 heteroatoms. The summed E-state index contributed by atoms with van der Waals surface area (Å²) in [4.78, 5) is 0. The van der Waals surface area contributed by atoms with E-state index in [-0.39, 0.29) is 0 Å². The van der Waals surface area contributed by atoms with Crippen molar-refractivity contribution < 1.29 is 2.84 Å². The summed E-state index contributed by atoms with van der Waals surface area (Å²) in [7, 11) is 5.41. The van der Waals surface area contributed by atoms with Crippen LogP contribution in [0, 0.1) is 0 Å². The summed E-state index contributed by atoms with van der Waals surface area (Å²) in [6, 6.07) is 0. The fourth-order valence-electron chi connectivity index (χ4n) is 0. The van der Waals surface area contributed by atoms with Gasteiger partial charge < -0.3 is 2.84 Å². The van der Waals surface area contributed by atoms with Crippen molar-refractivity contribution in [2.45, 2.75) is 5.79 Å². The summed E-state index contributed by atoms with van der Waals surface area (Å²) in [5.41, 5.74) is 0. The van der Waals surface area contributed by atoms with E-state index in [2.05, 4.69) is 0 Å². The SMILES string of the molecule is [CH3][Al]([Cl])[O][AlH2]. The Labute approximate surface area is 48.9 Å². The summed E-state index contributed by atoms with van der Waals surface area (Å²) in [5, 5.41) is 0. The van der Waals surface area contributed by atoms with Crippen molar-refractivity contribution in [2.75, 3.05) is 0 Å². The molecule has 0 aliphatic rings. The molecule has 0 unspecified atom stereocenters. The zero-order valence-electron chi connectivity index (χ0n) is 3.36. The third-order valence-corrected chi connectivity index (χ3v) is 4.53. The van der Waals surface area contributed by atoms with E-state index in [4.69, 9.17) is 12.9 Å². The highest BCUT2D eigenvalue weighted by molar-refractivity contribution is 7.03. The Morgan fingerprint density at radius 1 is 2.00 bits per heavy atom. The number of hydrogen-bond donors (Lipinski definition) is 0. The third kappa shape index (κ3) is 5.31. The van der Waals surface area contributed by atoms with Gasteiger partial charge in [0.25, 0.3) is 0 Å². The van der Waals surface area contributed by atoms with E-state index in [1.807, 2.05) is 5.79 Å². The minimum atomic E-state index is -1.12. The highest BCUT2D eigenvalue weighted by Gasteiger charge is 1.99. The first kappa shape index (κ1) is 6.31. The van der Waals surface area contributed by atoms with E-state index in [0.29, 0.717) is 0 Å². The van der Waals surface area contributed by atoms with Gasteiger partial charge in [-0.3, -0.25) is 0 Å². The van der Waals surface area contributed by atoms with E-state index in [9.17, 15) is 0 Å². The van der Waals surface area contributed by atoms with Crippen LogP contribution >= 0.6 is 10.0 Å². The second kappa shape index (κ2) is 3.50. The van der Waals surface area contributed by atoms with Gasteiger partial charge in [-0.1, -0.05) is 5.79 Å². The second-order valence-corrected chi connectivity index (χ2v) is 5.59. The molecule has 0 amide bonds. The predicted molar refractivity (Wildman–Crippen MR) is 27.1 cm³/mol. The van der Waals surface area contributed by atoms with Gasteiger partial charge >= 0.3 is 30.2 Å². The molecule has 0 aliphatic carbocycles. The van der Waals surface area contributed by atoms with Gasteiger partial charge in [0, 0.05) is 0 Å². The lowest BCUT2D eigenvalue weighted by Crippen LogP contribution is -1.98. The first-order valence-corrected chi connectivity index (χ1v) is 5.63. The molecule has 0 heterocycles. The summed E-state index contributed by atoms with van der Waals surface area (Å²) in [6.07, 6.45) is 0.